The molecule has 0 saturated heterocycles. The number of fused-ring (bicyclic) bond motifs is 1. The molecule has 2 N–H and O–H groups in total. The van der Waals surface area contributed by atoms with E-state index in [0.29, 0.717) is 17.4 Å². The molecular formula is C18H25N3O3. The molecule has 6 heteroatoms. The Kier molecular flexibility index (Phi) is 5.04. The summed E-state index contributed by atoms with van der Waals surface area (Å²) < 4.78 is 10.8. The molecule has 1 aliphatic rings. The maximum Gasteiger partial charge on any atom is 0.162 e. The third kappa shape index (κ3) is 3.53. The molecule has 1 aromatic carbocycles. The second kappa shape index (κ2) is 7.21. The Bertz CT molecular complexity index is 716. The van der Waals surface area contributed by atoms with Crippen LogP contribution >= 0.6 is 0 Å². The van der Waals surface area contributed by atoms with Gasteiger partial charge in [0.25, 0.3) is 0 Å². The van der Waals surface area contributed by atoms with Gasteiger partial charge in [0.05, 0.1) is 19.7 Å². The summed E-state index contributed by atoms with van der Waals surface area (Å²) in [4.78, 5) is 9.49. The van der Waals surface area contributed by atoms with E-state index in [1.807, 2.05) is 12.1 Å². The number of aliphatic hydroxyl groups is 1. The van der Waals surface area contributed by atoms with Crippen LogP contribution in [0, 0.1) is 0 Å². The number of rotatable bonds is 8. The van der Waals surface area contributed by atoms with Crippen LogP contribution in [0.3, 0.4) is 0 Å². The standard InChI is InChI=1S/C18H25N3O3/c1-11(5-4-8-22)19-18-13-9-15(23-2)16(24-3)10-14(13)20-17(21-18)12-6-7-12/h9-12,22H,4-8H2,1-3H3,(H,19,20,21)/t11-/m1/s1. The van der Waals surface area contributed by atoms with Gasteiger partial charge in [0.1, 0.15) is 11.6 Å². The Hall–Kier alpha value is -2.08. The second-order valence-electron chi connectivity index (χ2n) is 6.34. The Morgan fingerprint density at radius 3 is 2.54 bits per heavy atom. The quantitative estimate of drug-likeness (QED) is 0.774. The molecule has 1 aliphatic carbocycles. The Morgan fingerprint density at radius 2 is 1.92 bits per heavy atom. The molecule has 6 nitrogen and oxygen atoms in total. The van der Waals surface area contributed by atoms with E-state index in [0.717, 1.165) is 48.2 Å². The molecule has 1 heterocycles. The summed E-state index contributed by atoms with van der Waals surface area (Å²) in [5.41, 5.74) is 0.862. The summed E-state index contributed by atoms with van der Waals surface area (Å²) >= 11 is 0. The molecular weight excluding hydrogens is 306 g/mol. The molecule has 1 fully saturated rings. The maximum atomic E-state index is 9.02. The lowest BCUT2D eigenvalue weighted by atomic mass is 10.1. The normalized spacial score (nSPS) is 15.3. The van der Waals surface area contributed by atoms with Crippen LogP contribution in [0.1, 0.15) is 44.3 Å². The zero-order chi connectivity index (χ0) is 17.1. The molecule has 3 rings (SSSR count). The maximum absolute atomic E-state index is 9.02. The predicted molar refractivity (Wildman–Crippen MR) is 94.0 cm³/mol. The van der Waals surface area contributed by atoms with Crippen LogP contribution < -0.4 is 14.8 Å². The first-order valence-electron chi connectivity index (χ1n) is 8.47. The van der Waals surface area contributed by atoms with Crippen LogP contribution in [0.5, 0.6) is 11.5 Å². The molecule has 0 radical (unpaired) electrons. The molecule has 2 aromatic rings. The molecule has 24 heavy (non-hydrogen) atoms. The minimum atomic E-state index is 0.203. The summed E-state index contributed by atoms with van der Waals surface area (Å²) in [5.74, 6) is 3.53. The smallest absolute Gasteiger partial charge is 0.162 e. The number of ether oxygens (including phenoxy) is 2. The highest BCUT2D eigenvalue weighted by molar-refractivity contribution is 5.92. The zero-order valence-corrected chi connectivity index (χ0v) is 14.5. The van der Waals surface area contributed by atoms with Crippen molar-refractivity contribution in [3.63, 3.8) is 0 Å². The number of nitrogens with one attached hydrogen (secondary N) is 1. The SMILES string of the molecule is COc1cc2nc(C3CC3)nc(N[C@H](C)CCCO)c2cc1OC. The van der Waals surface area contributed by atoms with E-state index in [2.05, 4.69) is 12.2 Å². The van der Waals surface area contributed by atoms with Crippen molar-refractivity contribution < 1.29 is 14.6 Å². The van der Waals surface area contributed by atoms with Gasteiger partial charge in [-0.2, -0.15) is 0 Å². The van der Waals surface area contributed by atoms with Gasteiger partial charge in [-0.3, -0.25) is 0 Å². The highest BCUT2D eigenvalue weighted by Gasteiger charge is 2.28. The summed E-state index contributed by atoms with van der Waals surface area (Å²) in [6.07, 6.45) is 3.95. The monoisotopic (exact) mass is 331 g/mol. The summed E-state index contributed by atoms with van der Waals surface area (Å²) in [7, 11) is 3.25. The number of methoxy groups -OCH3 is 2. The van der Waals surface area contributed by atoms with Gasteiger partial charge in [0.15, 0.2) is 11.5 Å². The van der Waals surface area contributed by atoms with Gasteiger partial charge in [-0.25, -0.2) is 9.97 Å². The number of aliphatic hydroxyl groups excluding tert-OH is 1. The van der Waals surface area contributed by atoms with Crippen LogP contribution in [0.2, 0.25) is 0 Å². The molecule has 0 spiro atoms. The van der Waals surface area contributed by atoms with Crippen LogP contribution in [0.15, 0.2) is 12.1 Å². The molecule has 0 unspecified atom stereocenters. The molecule has 0 bridgehead atoms. The minimum absolute atomic E-state index is 0.203. The number of benzene rings is 1. The van der Waals surface area contributed by atoms with Gasteiger partial charge in [-0.15, -0.1) is 0 Å². The van der Waals surface area contributed by atoms with Crippen LogP contribution in [0.25, 0.3) is 10.9 Å². The molecule has 130 valence electrons. The van der Waals surface area contributed by atoms with Crippen LogP contribution in [0.4, 0.5) is 5.82 Å². The first-order valence-corrected chi connectivity index (χ1v) is 8.47. The number of anilines is 1. The van der Waals surface area contributed by atoms with Crippen molar-refractivity contribution in [1.29, 1.82) is 0 Å². The van der Waals surface area contributed by atoms with Gasteiger partial charge in [-0.05, 0) is 38.7 Å². The average Bonchev–Trinajstić information content (AvgIpc) is 3.43. The van der Waals surface area contributed by atoms with E-state index in [-0.39, 0.29) is 12.6 Å². The topological polar surface area (TPSA) is 76.5 Å². The largest absolute Gasteiger partial charge is 0.493 e. The Labute approximate surface area is 142 Å². The van der Waals surface area contributed by atoms with Crippen molar-refractivity contribution in [3.05, 3.63) is 18.0 Å². The van der Waals surface area contributed by atoms with Gasteiger partial charge in [0.2, 0.25) is 0 Å². The fraction of sp³-hybridized carbons (Fsp3) is 0.556. The highest BCUT2D eigenvalue weighted by atomic mass is 16.5. The molecule has 1 aromatic heterocycles. The number of hydrogen-bond donors (Lipinski definition) is 2. The van der Waals surface area contributed by atoms with Crippen LogP contribution in [-0.4, -0.2) is 41.9 Å². The van der Waals surface area contributed by atoms with E-state index >= 15 is 0 Å². The van der Waals surface area contributed by atoms with Gasteiger partial charge < -0.3 is 19.9 Å². The van der Waals surface area contributed by atoms with Crippen molar-refractivity contribution >= 4 is 16.7 Å². The van der Waals surface area contributed by atoms with E-state index in [4.69, 9.17) is 24.5 Å². The molecule has 0 amide bonds. The van der Waals surface area contributed by atoms with Crippen molar-refractivity contribution in [2.75, 3.05) is 26.1 Å². The Balaban J connectivity index is 2.03. The predicted octanol–water partition coefficient (Wildman–Crippen LogP) is 3.10. The van der Waals surface area contributed by atoms with Crippen molar-refractivity contribution in [1.82, 2.24) is 9.97 Å². The van der Waals surface area contributed by atoms with Gasteiger partial charge >= 0.3 is 0 Å². The van der Waals surface area contributed by atoms with Gasteiger partial charge in [-0.1, -0.05) is 0 Å². The fourth-order valence-corrected chi connectivity index (χ4v) is 2.81. The van der Waals surface area contributed by atoms with E-state index < -0.39 is 0 Å². The molecule has 0 aliphatic heterocycles. The third-order valence-electron chi connectivity index (χ3n) is 4.34. The molecule has 1 atom stereocenters. The first-order chi connectivity index (χ1) is 11.7. The highest BCUT2D eigenvalue weighted by Crippen LogP contribution is 2.41. The summed E-state index contributed by atoms with van der Waals surface area (Å²) in [5, 5.41) is 13.4. The van der Waals surface area contributed by atoms with E-state index in [1.54, 1.807) is 14.2 Å². The third-order valence-corrected chi connectivity index (χ3v) is 4.34. The lowest BCUT2D eigenvalue weighted by molar-refractivity contribution is 0.282. The summed E-state index contributed by atoms with van der Waals surface area (Å²) in [6, 6.07) is 4.05. The van der Waals surface area contributed by atoms with E-state index in [9.17, 15) is 0 Å². The van der Waals surface area contributed by atoms with Crippen molar-refractivity contribution in [3.8, 4) is 11.5 Å². The second-order valence-corrected chi connectivity index (χ2v) is 6.34. The minimum Gasteiger partial charge on any atom is -0.493 e. The zero-order valence-electron chi connectivity index (χ0n) is 14.5. The number of nitrogens with zero attached hydrogens (tertiary/aromatic N) is 2. The summed E-state index contributed by atoms with van der Waals surface area (Å²) in [6.45, 7) is 2.30. The van der Waals surface area contributed by atoms with Gasteiger partial charge in [0, 0.05) is 30.0 Å². The van der Waals surface area contributed by atoms with Crippen LogP contribution in [-0.2, 0) is 0 Å². The van der Waals surface area contributed by atoms with Crippen molar-refractivity contribution in [2.24, 2.45) is 0 Å². The Morgan fingerprint density at radius 1 is 1.21 bits per heavy atom. The average molecular weight is 331 g/mol. The lowest BCUT2D eigenvalue weighted by Gasteiger charge is -2.17. The number of aromatic nitrogens is 2. The lowest BCUT2D eigenvalue weighted by Crippen LogP contribution is -2.17. The van der Waals surface area contributed by atoms with Crippen molar-refractivity contribution in [2.45, 2.75) is 44.6 Å². The number of hydrogen-bond acceptors (Lipinski definition) is 6. The first kappa shape index (κ1) is 16.8. The fourth-order valence-electron chi connectivity index (χ4n) is 2.81. The molecule has 1 saturated carbocycles. The van der Waals surface area contributed by atoms with E-state index in [1.165, 1.54) is 0 Å².